The zero-order chi connectivity index (χ0) is 11.2. The highest BCUT2D eigenvalue weighted by Gasteiger charge is 2.20. The van der Waals surface area contributed by atoms with Crippen LogP contribution < -0.4 is 5.32 Å². The van der Waals surface area contributed by atoms with Crippen LogP contribution in [0.15, 0.2) is 0 Å². The van der Waals surface area contributed by atoms with Crippen molar-refractivity contribution in [2.75, 3.05) is 32.7 Å². The molecule has 1 unspecified atom stereocenters. The molecule has 2 fully saturated rings. The van der Waals surface area contributed by atoms with Gasteiger partial charge in [0.25, 0.3) is 0 Å². The van der Waals surface area contributed by atoms with Crippen molar-refractivity contribution in [3.63, 3.8) is 0 Å². The third-order valence-electron chi connectivity index (χ3n) is 3.98. The number of hydrogen-bond acceptors (Lipinski definition) is 3. The van der Waals surface area contributed by atoms with Crippen LogP contribution in [0, 0.1) is 5.92 Å². The molecule has 2 N–H and O–H groups in total. The van der Waals surface area contributed by atoms with Crippen LogP contribution in [-0.4, -0.2) is 48.8 Å². The zero-order valence-electron chi connectivity index (χ0n) is 10.3. The first-order valence-electron chi connectivity index (χ1n) is 6.96. The molecule has 0 aromatic heterocycles. The van der Waals surface area contributed by atoms with E-state index in [1.54, 1.807) is 0 Å². The van der Waals surface area contributed by atoms with Crippen molar-refractivity contribution in [3.8, 4) is 0 Å². The normalized spacial score (nSPS) is 26.8. The van der Waals surface area contributed by atoms with Crippen LogP contribution in [-0.2, 0) is 0 Å². The summed E-state index contributed by atoms with van der Waals surface area (Å²) >= 11 is 0. The lowest BCUT2D eigenvalue weighted by atomic mass is 10.00. The van der Waals surface area contributed by atoms with Crippen LogP contribution in [0.25, 0.3) is 0 Å². The lowest BCUT2D eigenvalue weighted by Gasteiger charge is -2.24. The molecule has 0 spiro atoms. The smallest absolute Gasteiger partial charge is 0.0669 e. The van der Waals surface area contributed by atoms with Gasteiger partial charge in [-0.3, -0.25) is 4.90 Å². The summed E-state index contributed by atoms with van der Waals surface area (Å²) in [6.45, 7) is 5.35. The van der Waals surface area contributed by atoms with E-state index >= 15 is 0 Å². The van der Waals surface area contributed by atoms with E-state index in [4.69, 9.17) is 0 Å². The van der Waals surface area contributed by atoms with E-state index < -0.39 is 0 Å². The Labute approximate surface area is 99.2 Å². The van der Waals surface area contributed by atoms with Crippen molar-refractivity contribution in [2.45, 2.75) is 44.6 Å². The van der Waals surface area contributed by atoms with E-state index in [-0.39, 0.29) is 6.10 Å². The number of hydrogen-bond donors (Lipinski definition) is 2. The second-order valence-corrected chi connectivity index (χ2v) is 5.44. The Balaban J connectivity index is 1.66. The van der Waals surface area contributed by atoms with Crippen LogP contribution >= 0.6 is 0 Å². The summed E-state index contributed by atoms with van der Waals surface area (Å²) in [5.74, 6) is 0.806. The number of nitrogens with zero attached hydrogens (tertiary/aromatic N) is 1. The molecule has 2 aliphatic rings. The molecular weight excluding hydrogens is 200 g/mol. The second kappa shape index (κ2) is 6.58. The maximum atomic E-state index is 10.1. The van der Waals surface area contributed by atoms with Gasteiger partial charge in [-0.2, -0.15) is 0 Å². The number of aliphatic hydroxyl groups is 1. The molecule has 1 aliphatic carbocycles. The summed E-state index contributed by atoms with van der Waals surface area (Å²) in [6.07, 6.45) is 7.61. The molecule has 1 heterocycles. The molecule has 1 saturated heterocycles. The van der Waals surface area contributed by atoms with Crippen LogP contribution in [0.4, 0.5) is 0 Å². The van der Waals surface area contributed by atoms with E-state index in [1.807, 2.05) is 0 Å². The van der Waals surface area contributed by atoms with Crippen LogP contribution in [0.3, 0.4) is 0 Å². The Kier molecular flexibility index (Phi) is 5.07. The third kappa shape index (κ3) is 4.04. The van der Waals surface area contributed by atoms with Gasteiger partial charge < -0.3 is 10.4 Å². The van der Waals surface area contributed by atoms with Crippen molar-refractivity contribution >= 4 is 0 Å². The first-order valence-corrected chi connectivity index (χ1v) is 6.96. The molecule has 1 saturated carbocycles. The summed E-state index contributed by atoms with van der Waals surface area (Å²) in [5.41, 5.74) is 0. The minimum absolute atomic E-state index is 0.0961. The molecule has 0 bridgehead atoms. The predicted molar refractivity (Wildman–Crippen MR) is 66.5 cm³/mol. The second-order valence-electron chi connectivity index (χ2n) is 5.44. The van der Waals surface area contributed by atoms with Gasteiger partial charge in [0.15, 0.2) is 0 Å². The molecule has 3 nitrogen and oxygen atoms in total. The molecule has 0 aromatic carbocycles. The van der Waals surface area contributed by atoms with Gasteiger partial charge in [-0.1, -0.05) is 25.7 Å². The molecule has 3 heteroatoms. The van der Waals surface area contributed by atoms with Crippen molar-refractivity contribution in [1.82, 2.24) is 10.2 Å². The van der Waals surface area contributed by atoms with E-state index in [9.17, 15) is 5.11 Å². The number of rotatable bonds is 4. The van der Waals surface area contributed by atoms with Crippen molar-refractivity contribution in [1.29, 1.82) is 0 Å². The number of nitrogens with one attached hydrogen (secondary N) is 1. The highest BCUT2D eigenvalue weighted by molar-refractivity contribution is 4.75. The Morgan fingerprint density at radius 3 is 2.75 bits per heavy atom. The van der Waals surface area contributed by atoms with Gasteiger partial charge in [-0.25, -0.2) is 0 Å². The van der Waals surface area contributed by atoms with E-state index in [2.05, 4.69) is 10.2 Å². The lowest BCUT2D eigenvalue weighted by Crippen LogP contribution is -2.35. The summed E-state index contributed by atoms with van der Waals surface area (Å²) in [4.78, 5) is 2.42. The standard InChI is InChI=1S/C13H26N2O/c16-13(10-12-4-1-2-5-12)11-15-8-3-6-14-7-9-15/h12-14,16H,1-11H2. The fraction of sp³-hybridized carbons (Fsp3) is 1.00. The predicted octanol–water partition coefficient (Wildman–Crippen LogP) is 1.22. The Bertz CT molecular complexity index is 184. The third-order valence-corrected chi connectivity index (χ3v) is 3.98. The molecule has 0 aromatic rings. The summed E-state index contributed by atoms with van der Waals surface area (Å²) in [6, 6.07) is 0. The zero-order valence-corrected chi connectivity index (χ0v) is 10.3. The van der Waals surface area contributed by atoms with Gasteiger partial charge in [0.1, 0.15) is 0 Å². The lowest BCUT2D eigenvalue weighted by molar-refractivity contribution is 0.0940. The van der Waals surface area contributed by atoms with Gasteiger partial charge in [-0.15, -0.1) is 0 Å². The van der Waals surface area contributed by atoms with E-state index in [1.165, 1.54) is 32.1 Å². The van der Waals surface area contributed by atoms with Gasteiger partial charge >= 0.3 is 0 Å². The molecular formula is C13H26N2O. The Morgan fingerprint density at radius 2 is 1.94 bits per heavy atom. The largest absolute Gasteiger partial charge is 0.392 e. The average Bonchev–Trinajstić information content (AvgIpc) is 2.62. The molecule has 0 radical (unpaired) electrons. The minimum atomic E-state index is -0.0961. The van der Waals surface area contributed by atoms with Gasteiger partial charge in [0.05, 0.1) is 6.10 Å². The van der Waals surface area contributed by atoms with Gasteiger partial charge in [0, 0.05) is 19.6 Å². The summed E-state index contributed by atoms with van der Waals surface area (Å²) in [7, 11) is 0. The highest BCUT2D eigenvalue weighted by Crippen LogP contribution is 2.28. The van der Waals surface area contributed by atoms with Gasteiger partial charge in [-0.05, 0) is 31.8 Å². The van der Waals surface area contributed by atoms with Crippen LogP contribution in [0.5, 0.6) is 0 Å². The van der Waals surface area contributed by atoms with Crippen LogP contribution in [0.1, 0.15) is 38.5 Å². The minimum Gasteiger partial charge on any atom is -0.392 e. The number of β-amino-alcohol motifs (C(OH)–C–C–N with tert-alkyl or cyclic N) is 1. The topological polar surface area (TPSA) is 35.5 Å². The van der Waals surface area contributed by atoms with Crippen molar-refractivity contribution in [2.24, 2.45) is 5.92 Å². The van der Waals surface area contributed by atoms with Crippen LogP contribution in [0.2, 0.25) is 0 Å². The van der Waals surface area contributed by atoms with Crippen molar-refractivity contribution in [3.05, 3.63) is 0 Å². The number of aliphatic hydroxyl groups excluding tert-OH is 1. The van der Waals surface area contributed by atoms with E-state index in [0.717, 1.165) is 45.1 Å². The highest BCUT2D eigenvalue weighted by atomic mass is 16.3. The fourth-order valence-corrected chi connectivity index (χ4v) is 3.09. The molecule has 0 amide bonds. The molecule has 2 rings (SSSR count). The average molecular weight is 226 g/mol. The molecule has 1 atom stereocenters. The molecule has 16 heavy (non-hydrogen) atoms. The molecule has 1 aliphatic heterocycles. The summed E-state index contributed by atoms with van der Waals surface area (Å²) in [5, 5.41) is 13.5. The first kappa shape index (κ1) is 12.3. The summed E-state index contributed by atoms with van der Waals surface area (Å²) < 4.78 is 0. The fourth-order valence-electron chi connectivity index (χ4n) is 3.09. The van der Waals surface area contributed by atoms with E-state index in [0.29, 0.717) is 0 Å². The Morgan fingerprint density at radius 1 is 1.12 bits per heavy atom. The first-order chi connectivity index (χ1) is 7.84. The monoisotopic (exact) mass is 226 g/mol. The SMILES string of the molecule is OC(CC1CCCC1)CN1CCCNCC1. The molecule has 94 valence electrons. The Hall–Kier alpha value is -0.120. The van der Waals surface area contributed by atoms with Gasteiger partial charge in [0.2, 0.25) is 0 Å². The maximum absolute atomic E-state index is 10.1. The maximum Gasteiger partial charge on any atom is 0.0669 e. The quantitative estimate of drug-likeness (QED) is 0.756. The van der Waals surface area contributed by atoms with Crippen molar-refractivity contribution < 1.29 is 5.11 Å².